The van der Waals surface area contributed by atoms with Gasteiger partial charge < -0.3 is 4.74 Å². The van der Waals surface area contributed by atoms with Crippen molar-refractivity contribution in [2.75, 3.05) is 0 Å². The summed E-state index contributed by atoms with van der Waals surface area (Å²) in [6.45, 7) is 4.46. The zero-order valence-electron chi connectivity index (χ0n) is 18.9. The highest BCUT2D eigenvalue weighted by Gasteiger charge is 2.28. The molecule has 0 amide bonds. The number of esters is 1. The van der Waals surface area contributed by atoms with Crippen molar-refractivity contribution in [2.24, 2.45) is 17.8 Å². The topological polar surface area (TPSA) is 26.3 Å². The Bertz CT molecular complexity index is 936. The summed E-state index contributed by atoms with van der Waals surface area (Å²) in [5, 5.41) is 0.897. The molecule has 0 radical (unpaired) electrons. The minimum absolute atomic E-state index is 0.0854. The van der Waals surface area contributed by atoms with Crippen LogP contribution in [0, 0.1) is 23.6 Å². The Morgan fingerprint density at radius 1 is 1.06 bits per heavy atom. The average molecular weight is 443 g/mol. The molecule has 1 fully saturated rings. The fourth-order valence-electron chi connectivity index (χ4n) is 5.36. The van der Waals surface area contributed by atoms with Crippen LogP contribution in [0.3, 0.4) is 0 Å². The van der Waals surface area contributed by atoms with Gasteiger partial charge in [-0.25, -0.2) is 4.39 Å². The SMILES string of the molecule is CCCC1CC=C(c2cc3ccc(OC(=O)C4CCC(CCC)CC4)c(F)c3s2)CC1. The Labute approximate surface area is 189 Å². The molecule has 1 aromatic heterocycles. The number of hydrogen-bond acceptors (Lipinski definition) is 3. The summed E-state index contributed by atoms with van der Waals surface area (Å²) >= 11 is 1.49. The zero-order chi connectivity index (χ0) is 21.8. The fraction of sp³-hybridized carbons (Fsp3) is 0.593. The van der Waals surface area contributed by atoms with E-state index in [2.05, 4.69) is 26.0 Å². The van der Waals surface area contributed by atoms with Gasteiger partial charge in [0.15, 0.2) is 11.6 Å². The Balaban J connectivity index is 1.44. The molecule has 2 aromatic rings. The van der Waals surface area contributed by atoms with E-state index in [0.29, 0.717) is 4.70 Å². The van der Waals surface area contributed by atoms with Crippen LogP contribution >= 0.6 is 11.3 Å². The molecule has 0 aliphatic heterocycles. The number of halogens is 1. The number of hydrogen-bond donors (Lipinski definition) is 0. The van der Waals surface area contributed by atoms with Crippen LogP contribution in [0.5, 0.6) is 5.75 Å². The van der Waals surface area contributed by atoms with Gasteiger partial charge in [-0.15, -0.1) is 11.3 Å². The van der Waals surface area contributed by atoms with Gasteiger partial charge in [0.05, 0.1) is 10.6 Å². The van der Waals surface area contributed by atoms with Crippen LogP contribution in [-0.2, 0) is 4.79 Å². The molecule has 1 heterocycles. The van der Waals surface area contributed by atoms with E-state index in [1.165, 1.54) is 49.0 Å². The molecule has 2 nitrogen and oxygen atoms in total. The van der Waals surface area contributed by atoms with Gasteiger partial charge in [0.2, 0.25) is 0 Å². The molecule has 1 aromatic carbocycles. The van der Waals surface area contributed by atoms with Crippen LogP contribution in [0.4, 0.5) is 4.39 Å². The molecule has 2 aliphatic rings. The highest BCUT2D eigenvalue weighted by Crippen LogP contribution is 2.40. The highest BCUT2D eigenvalue weighted by atomic mass is 32.1. The molecule has 4 heteroatoms. The van der Waals surface area contributed by atoms with Gasteiger partial charge in [-0.1, -0.05) is 45.6 Å². The summed E-state index contributed by atoms with van der Waals surface area (Å²) < 4.78 is 21.4. The molecule has 1 atom stereocenters. The van der Waals surface area contributed by atoms with Crippen LogP contribution in [0.1, 0.15) is 89.4 Å². The minimum Gasteiger partial charge on any atom is -0.423 e. The Morgan fingerprint density at radius 2 is 1.81 bits per heavy atom. The normalized spacial score (nSPS) is 24.2. The highest BCUT2D eigenvalue weighted by molar-refractivity contribution is 7.20. The van der Waals surface area contributed by atoms with Crippen LogP contribution < -0.4 is 4.74 Å². The summed E-state index contributed by atoms with van der Waals surface area (Å²) in [7, 11) is 0. The fourth-order valence-corrected chi connectivity index (χ4v) is 6.51. The lowest BCUT2D eigenvalue weighted by atomic mass is 9.80. The predicted octanol–water partition coefficient (Wildman–Crippen LogP) is 8.54. The lowest BCUT2D eigenvalue weighted by Crippen LogP contribution is -2.26. The van der Waals surface area contributed by atoms with E-state index < -0.39 is 0 Å². The first kappa shape index (κ1) is 22.5. The Morgan fingerprint density at radius 3 is 2.48 bits per heavy atom. The summed E-state index contributed by atoms with van der Waals surface area (Å²) in [5.74, 6) is 0.873. The Hall–Kier alpha value is -1.68. The molecule has 0 spiro atoms. The molecular formula is C27H35FO2S. The molecule has 31 heavy (non-hydrogen) atoms. The first-order chi connectivity index (χ1) is 15.1. The van der Waals surface area contributed by atoms with E-state index in [9.17, 15) is 4.79 Å². The smallest absolute Gasteiger partial charge is 0.314 e. The van der Waals surface area contributed by atoms with Crippen LogP contribution in [-0.4, -0.2) is 5.97 Å². The van der Waals surface area contributed by atoms with Crippen LogP contribution in [0.15, 0.2) is 24.3 Å². The van der Waals surface area contributed by atoms with Gasteiger partial charge in [-0.2, -0.15) is 0 Å². The summed E-state index contributed by atoms with van der Waals surface area (Å²) in [5.41, 5.74) is 1.34. The van der Waals surface area contributed by atoms with Crippen molar-refractivity contribution >= 4 is 33.0 Å². The molecule has 4 rings (SSSR count). The lowest BCUT2D eigenvalue weighted by molar-refractivity contribution is -0.140. The number of carbonyl (C=O) groups excluding carboxylic acids is 1. The monoisotopic (exact) mass is 442 g/mol. The number of ether oxygens (including phenoxy) is 1. The maximum atomic E-state index is 15.2. The summed E-state index contributed by atoms with van der Waals surface area (Å²) in [6.07, 6.45) is 14.6. The van der Waals surface area contributed by atoms with Gasteiger partial charge in [0, 0.05) is 4.88 Å². The van der Waals surface area contributed by atoms with E-state index in [0.717, 1.165) is 60.6 Å². The summed E-state index contributed by atoms with van der Waals surface area (Å²) in [4.78, 5) is 13.8. The number of benzene rings is 1. The summed E-state index contributed by atoms with van der Waals surface area (Å²) in [6, 6.07) is 5.61. The van der Waals surface area contributed by atoms with Crippen molar-refractivity contribution in [2.45, 2.75) is 84.5 Å². The molecular weight excluding hydrogens is 407 g/mol. The molecule has 0 bridgehead atoms. The third-order valence-corrected chi connectivity index (χ3v) is 8.43. The third-order valence-electron chi connectivity index (χ3n) is 7.21. The first-order valence-corrected chi connectivity index (χ1v) is 13.0. The molecule has 1 unspecified atom stereocenters. The van der Waals surface area contributed by atoms with Gasteiger partial charge in [0.1, 0.15) is 0 Å². The Kier molecular flexibility index (Phi) is 7.47. The average Bonchev–Trinajstić information content (AvgIpc) is 3.22. The van der Waals surface area contributed by atoms with Gasteiger partial charge >= 0.3 is 5.97 Å². The van der Waals surface area contributed by atoms with Gasteiger partial charge in [0.25, 0.3) is 0 Å². The second-order valence-electron chi connectivity index (χ2n) is 9.49. The van der Waals surface area contributed by atoms with Crippen molar-refractivity contribution < 1.29 is 13.9 Å². The van der Waals surface area contributed by atoms with Gasteiger partial charge in [-0.05, 0) is 85.9 Å². The number of thiophene rings is 1. The van der Waals surface area contributed by atoms with Crippen molar-refractivity contribution in [3.05, 3.63) is 35.0 Å². The number of fused-ring (bicyclic) bond motifs is 1. The third kappa shape index (κ3) is 5.22. The first-order valence-electron chi connectivity index (χ1n) is 12.2. The second-order valence-corrected chi connectivity index (χ2v) is 10.5. The predicted molar refractivity (Wildman–Crippen MR) is 128 cm³/mol. The lowest BCUT2D eigenvalue weighted by Gasteiger charge is -2.26. The molecule has 1 saturated carbocycles. The van der Waals surface area contributed by atoms with Crippen molar-refractivity contribution in [1.29, 1.82) is 0 Å². The standard InChI is InChI=1S/C27H35FO2S/c1-3-5-18-7-11-20(12-8-18)24-17-22-15-16-23(25(28)26(22)31-24)30-27(29)21-13-9-19(6-4-2)10-14-21/h11,15-19,21H,3-10,12-14H2,1-2H3. The maximum absolute atomic E-state index is 15.2. The molecule has 0 N–H and O–H groups in total. The largest absolute Gasteiger partial charge is 0.423 e. The molecule has 0 saturated heterocycles. The van der Waals surface area contributed by atoms with Crippen molar-refractivity contribution in [3.8, 4) is 5.75 Å². The molecule has 168 valence electrons. The minimum atomic E-state index is -0.387. The van der Waals surface area contributed by atoms with E-state index in [4.69, 9.17) is 4.74 Å². The van der Waals surface area contributed by atoms with Gasteiger partial charge in [-0.3, -0.25) is 4.79 Å². The van der Waals surface area contributed by atoms with Crippen LogP contribution in [0.2, 0.25) is 0 Å². The zero-order valence-corrected chi connectivity index (χ0v) is 19.7. The quantitative estimate of drug-likeness (QED) is 0.317. The second kappa shape index (κ2) is 10.3. The van der Waals surface area contributed by atoms with Crippen molar-refractivity contribution in [1.82, 2.24) is 0 Å². The van der Waals surface area contributed by atoms with E-state index in [1.807, 2.05) is 6.07 Å². The number of rotatable bonds is 7. The number of carbonyl (C=O) groups is 1. The van der Waals surface area contributed by atoms with E-state index in [-0.39, 0.29) is 23.5 Å². The maximum Gasteiger partial charge on any atom is 0.314 e. The van der Waals surface area contributed by atoms with E-state index in [1.54, 1.807) is 6.07 Å². The van der Waals surface area contributed by atoms with Crippen molar-refractivity contribution in [3.63, 3.8) is 0 Å². The van der Waals surface area contributed by atoms with E-state index >= 15 is 4.39 Å². The molecule has 2 aliphatic carbocycles. The van der Waals surface area contributed by atoms with Crippen LogP contribution in [0.25, 0.3) is 15.7 Å². The number of allylic oxidation sites excluding steroid dienone is 2.